The summed E-state index contributed by atoms with van der Waals surface area (Å²) in [5, 5.41) is 9.29. The molecular weight excluding hydrogens is 195 g/mol. The minimum absolute atomic E-state index is 0.0346. The Morgan fingerprint density at radius 1 is 1.21 bits per heavy atom. The van der Waals surface area contributed by atoms with Crippen molar-refractivity contribution < 1.29 is 18.3 Å². The van der Waals surface area contributed by atoms with Crippen LogP contribution in [-0.2, 0) is 11.9 Å². The lowest BCUT2D eigenvalue weighted by Gasteiger charge is -2.18. The Bertz CT molecular complexity index is 298. The minimum Gasteiger partial charge on any atom is -0.372 e. The van der Waals surface area contributed by atoms with E-state index in [0.717, 1.165) is 12.1 Å². The molecular formula is C9H10F3NO. The van der Waals surface area contributed by atoms with Gasteiger partial charge in [-0.15, -0.1) is 0 Å². The molecule has 0 fully saturated rings. The Kier molecular flexibility index (Phi) is 2.56. The Labute approximate surface area is 79.2 Å². The largest absolute Gasteiger partial charge is 0.416 e. The van der Waals surface area contributed by atoms with Gasteiger partial charge in [0.15, 0.2) is 0 Å². The third-order valence-electron chi connectivity index (χ3n) is 1.77. The van der Waals surface area contributed by atoms with Crippen LogP contribution in [0.4, 0.5) is 13.2 Å². The fraction of sp³-hybridized carbons (Fsp3) is 0.333. The summed E-state index contributed by atoms with van der Waals surface area (Å²) in [5.74, 6) is 0. The van der Waals surface area contributed by atoms with Crippen molar-refractivity contribution in [1.82, 2.24) is 0 Å². The molecule has 5 heteroatoms. The van der Waals surface area contributed by atoms with E-state index >= 15 is 0 Å². The number of nitrogens with two attached hydrogens (primary N) is 1. The van der Waals surface area contributed by atoms with E-state index in [0.29, 0.717) is 0 Å². The first-order valence-corrected chi connectivity index (χ1v) is 3.90. The second kappa shape index (κ2) is 3.25. The van der Waals surface area contributed by atoms with Gasteiger partial charge in [0, 0.05) is 0 Å². The third kappa shape index (κ3) is 2.46. The molecule has 0 aliphatic carbocycles. The van der Waals surface area contributed by atoms with E-state index < -0.39 is 17.5 Å². The van der Waals surface area contributed by atoms with E-state index in [-0.39, 0.29) is 5.56 Å². The van der Waals surface area contributed by atoms with Crippen molar-refractivity contribution in [2.24, 2.45) is 5.73 Å². The van der Waals surface area contributed by atoms with Crippen LogP contribution in [0.5, 0.6) is 0 Å². The highest BCUT2D eigenvalue weighted by molar-refractivity contribution is 5.28. The molecule has 0 aromatic heterocycles. The summed E-state index contributed by atoms with van der Waals surface area (Å²) in [4.78, 5) is 0. The lowest BCUT2D eigenvalue weighted by atomic mass is 10.0. The molecule has 0 heterocycles. The van der Waals surface area contributed by atoms with Gasteiger partial charge in [-0.3, -0.25) is 0 Å². The van der Waals surface area contributed by atoms with Crippen LogP contribution >= 0.6 is 0 Å². The van der Waals surface area contributed by atoms with Crippen molar-refractivity contribution in [3.05, 3.63) is 35.4 Å². The van der Waals surface area contributed by atoms with Gasteiger partial charge in [-0.25, -0.2) is 0 Å². The lowest BCUT2D eigenvalue weighted by molar-refractivity contribution is -0.137. The van der Waals surface area contributed by atoms with Gasteiger partial charge in [0.2, 0.25) is 0 Å². The zero-order valence-corrected chi connectivity index (χ0v) is 7.47. The monoisotopic (exact) mass is 205 g/mol. The average Bonchev–Trinajstić information content (AvgIpc) is 2.01. The van der Waals surface area contributed by atoms with Crippen molar-refractivity contribution in [1.29, 1.82) is 0 Å². The standard InChI is InChI=1S/C9H10F3NO/c1-8(13,14)6-3-2-4-7(5-6)9(10,11)12/h2-5,14H,13H2,1H3. The number of halogens is 3. The number of hydrogen-bond donors (Lipinski definition) is 2. The van der Waals surface area contributed by atoms with Crippen molar-refractivity contribution in [3.8, 4) is 0 Å². The quantitative estimate of drug-likeness (QED) is 0.687. The van der Waals surface area contributed by atoms with E-state index in [1.807, 2.05) is 0 Å². The number of aliphatic hydroxyl groups is 1. The Balaban J connectivity index is 3.15. The molecule has 1 unspecified atom stereocenters. The van der Waals surface area contributed by atoms with E-state index in [1.54, 1.807) is 0 Å². The van der Waals surface area contributed by atoms with Gasteiger partial charge < -0.3 is 10.8 Å². The summed E-state index contributed by atoms with van der Waals surface area (Å²) >= 11 is 0. The van der Waals surface area contributed by atoms with Crippen LogP contribution in [0.2, 0.25) is 0 Å². The first-order chi connectivity index (χ1) is 6.21. The van der Waals surface area contributed by atoms with Crippen LogP contribution in [0.3, 0.4) is 0 Å². The summed E-state index contributed by atoms with van der Waals surface area (Å²) in [6.07, 6.45) is -4.42. The van der Waals surface area contributed by atoms with Crippen LogP contribution in [0.1, 0.15) is 18.1 Å². The second-order valence-corrected chi connectivity index (χ2v) is 3.23. The topological polar surface area (TPSA) is 46.2 Å². The molecule has 1 aromatic carbocycles. The van der Waals surface area contributed by atoms with Gasteiger partial charge in [-0.05, 0) is 24.6 Å². The van der Waals surface area contributed by atoms with Gasteiger partial charge in [0.25, 0.3) is 0 Å². The Hall–Kier alpha value is -1.07. The first-order valence-electron chi connectivity index (χ1n) is 3.90. The van der Waals surface area contributed by atoms with Crippen molar-refractivity contribution in [2.75, 3.05) is 0 Å². The normalized spacial score (nSPS) is 16.4. The van der Waals surface area contributed by atoms with E-state index in [2.05, 4.69) is 0 Å². The third-order valence-corrected chi connectivity index (χ3v) is 1.77. The maximum Gasteiger partial charge on any atom is 0.416 e. The molecule has 0 bridgehead atoms. The predicted octanol–water partition coefficient (Wildman–Crippen LogP) is 1.83. The number of alkyl halides is 3. The number of rotatable bonds is 1. The molecule has 78 valence electrons. The average molecular weight is 205 g/mol. The molecule has 0 aliphatic rings. The molecule has 14 heavy (non-hydrogen) atoms. The van der Waals surface area contributed by atoms with Gasteiger partial charge in [0.05, 0.1) is 5.56 Å². The van der Waals surface area contributed by atoms with E-state index in [4.69, 9.17) is 5.73 Å². The van der Waals surface area contributed by atoms with Gasteiger partial charge in [-0.1, -0.05) is 12.1 Å². The van der Waals surface area contributed by atoms with Crippen LogP contribution in [-0.4, -0.2) is 5.11 Å². The summed E-state index contributed by atoms with van der Waals surface area (Å²) in [7, 11) is 0. The first kappa shape index (κ1) is 11.0. The van der Waals surface area contributed by atoms with Crippen molar-refractivity contribution in [2.45, 2.75) is 18.8 Å². The smallest absolute Gasteiger partial charge is 0.372 e. The van der Waals surface area contributed by atoms with Crippen LogP contribution in [0, 0.1) is 0 Å². The molecule has 0 aliphatic heterocycles. The van der Waals surface area contributed by atoms with Crippen LogP contribution in [0.15, 0.2) is 24.3 Å². The molecule has 1 rings (SSSR count). The fourth-order valence-electron chi connectivity index (χ4n) is 1.01. The van der Waals surface area contributed by atoms with E-state index in [9.17, 15) is 18.3 Å². The summed E-state index contributed by atoms with van der Waals surface area (Å²) in [6, 6.07) is 4.31. The molecule has 0 saturated carbocycles. The van der Waals surface area contributed by atoms with Crippen LogP contribution < -0.4 is 5.73 Å². The van der Waals surface area contributed by atoms with Gasteiger partial charge >= 0.3 is 6.18 Å². The molecule has 2 nitrogen and oxygen atoms in total. The SMILES string of the molecule is CC(N)(O)c1cccc(C(F)(F)F)c1. The highest BCUT2D eigenvalue weighted by Crippen LogP contribution is 2.30. The van der Waals surface area contributed by atoms with E-state index in [1.165, 1.54) is 19.1 Å². The van der Waals surface area contributed by atoms with Gasteiger partial charge in [0.1, 0.15) is 5.72 Å². The predicted molar refractivity (Wildman–Crippen MR) is 45.2 cm³/mol. The number of hydrogen-bond acceptors (Lipinski definition) is 2. The Morgan fingerprint density at radius 2 is 1.71 bits per heavy atom. The highest BCUT2D eigenvalue weighted by atomic mass is 19.4. The minimum atomic E-state index is -4.42. The zero-order chi connectivity index (χ0) is 11.0. The molecule has 0 spiro atoms. The maximum absolute atomic E-state index is 12.2. The van der Waals surface area contributed by atoms with Crippen molar-refractivity contribution in [3.63, 3.8) is 0 Å². The highest BCUT2D eigenvalue weighted by Gasteiger charge is 2.31. The molecule has 3 N–H and O–H groups in total. The Morgan fingerprint density at radius 3 is 2.14 bits per heavy atom. The summed E-state index contributed by atoms with van der Waals surface area (Å²) in [5.41, 5.74) is 2.72. The van der Waals surface area contributed by atoms with Gasteiger partial charge in [-0.2, -0.15) is 13.2 Å². The summed E-state index contributed by atoms with van der Waals surface area (Å²) < 4.78 is 36.7. The fourth-order valence-corrected chi connectivity index (χ4v) is 1.01. The maximum atomic E-state index is 12.2. The molecule has 1 aromatic rings. The molecule has 1 atom stereocenters. The second-order valence-electron chi connectivity index (χ2n) is 3.23. The van der Waals surface area contributed by atoms with Crippen molar-refractivity contribution >= 4 is 0 Å². The van der Waals surface area contributed by atoms with Crippen LogP contribution in [0.25, 0.3) is 0 Å². The molecule has 0 saturated heterocycles. The molecule has 0 radical (unpaired) electrons. The number of benzene rings is 1. The molecule has 0 amide bonds. The zero-order valence-electron chi connectivity index (χ0n) is 7.47. The lowest BCUT2D eigenvalue weighted by Crippen LogP contribution is -2.32. The summed E-state index contributed by atoms with van der Waals surface area (Å²) in [6.45, 7) is 1.22.